The fourth-order valence-corrected chi connectivity index (χ4v) is 3.83. The molecule has 1 aliphatic rings. The number of nitrogens with zero attached hydrogens (tertiary/aromatic N) is 2. The first-order valence-electron chi connectivity index (χ1n) is 10.2. The number of fused-ring (bicyclic) bond motifs is 1. The number of guanidine groups is 1. The van der Waals surface area contributed by atoms with Gasteiger partial charge in [-0.05, 0) is 44.2 Å². The van der Waals surface area contributed by atoms with E-state index < -0.39 is 0 Å². The van der Waals surface area contributed by atoms with Crippen LogP contribution in [-0.4, -0.2) is 60.5 Å². The number of benzene rings is 1. The molecule has 3 rings (SSSR count). The van der Waals surface area contributed by atoms with Gasteiger partial charge in [0.25, 0.3) is 0 Å². The number of rotatable bonds is 7. The van der Waals surface area contributed by atoms with E-state index in [9.17, 15) is 4.79 Å². The Morgan fingerprint density at radius 1 is 1.36 bits per heavy atom. The number of carbonyl (C=O) groups excluding carboxylic acids is 1. The highest BCUT2D eigenvalue weighted by atomic mass is 16.1. The molecule has 1 aromatic carbocycles. The molecule has 1 amide bonds. The first kappa shape index (κ1) is 20.2. The van der Waals surface area contributed by atoms with Gasteiger partial charge in [0.05, 0.1) is 6.54 Å². The van der Waals surface area contributed by atoms with Gasteiger partial charge < -0.3 is 21.4 Å². The number of H-pyrrole nitrogens is 1. The molecule has 152 valence electrons. The molecule has 2 aromatic rings. The number of aryl methyl sites for hydroxylation is 1. The molecule has 0 saturated carbocycles. The second kappa shape index (κ2) is 9.59. The third-order valence-corrected chi connectivity index (χ3v) is 5.31. The number of nitrogens with two attached hydrogens (primary N) is 1. The van der Waals surface area contributed by atoms with Gasteiger partial charge in [-0.15, -0.1) is 0 Å². The summed E-state index contributed by atoms with van der Waals surface area (Å²) in [7, 11) is 0. The largest absolute Gasteiger partial charge is 0.369 e. The summed E-state index contributed by atoms with van der Waals surface area (Å²) in [6, 6.07) is 6.77. The molecule has 0 bridgehead atoms. The minimum absolute atomic E-state index is 0.256. The smallest absolute Gasteiger partial charge is 0.231 e. The van der Waals surface area contributed by atoms with E-state index in [2.05, 4.69) is 58.8 Å². The number of aliphatic imine (C=N–C) groups is 1. The van der Waals surface area contributed by atoms with Crippen molar-refractivity contribution in [2.45, 2.75) is 39.2 Å². The third kappa shape index (κ3) is 5.25. The van der Waals surface area contributed by atoms with E-state index in [4.69, 9.17) is 10.7 Å². The van der Waals surface area contributed by atoms with Crippen molar-refractivity contribution < 1.29 is 4.79 Å². The maximum atomic E-state index is 11.1. The van der Waals surface area contributed by atoms with Gasteiger partial charge in [0.1, 0.15) is 0 Å². The zero-order chi connectivity index (χ0) is 19.9. The van der Waals surface area contributed by atoms with Gasteiger partial charge in [-0.25, -0.2) is 0 Å². The lowest BCUT2D eigenvalue weighted by Gasteiger charge is -2.32. The number of likely N-dealkylation sites (tertiary alicyclic amines) is 1. The minimum atomic E-state index is -0.256. The Hall–Kier alpha value is -2.54. The summed E-state index contributed by atoms with van der Waals surface area (Å²) < 4.78 is 0. The molecule has 0 atom stereocenters. The van der Waals surface area contributed by atoms with Crippen LogP contribution < -0.4 is 16.4 Å². The highest BCUT2D eigenvalue weighted by molar-refractivity contribution is 5.86. The van der Waals surface area contributed by atoms with Crippen LogP contribution in [0.15, 0.2) is 29.4 Å². The molecular formula is C21H32N6O. The van der Waals surface area contributed by atoms with Crippen LogP contribution in [-0.2, 0) is 11.2 Å². The summed E-state index contributed by atoms with van der Waals surface area (Å²) in [6.45, 7) is 7.89. The topological polar surface area (TPSA) is 98.5 Å². The van der Waals surface area contributed by atoms with Gasteiger partial charge in [0.2, 0.25) is 5.91 Å². The molecule has 0 unspecified atom stereocenters. The first-order chi connectivity index (χ1) is 13.6. The number of aromatic amines is 1. The molecule has 7 nitrogen and oxygen atoms in total. The monoisotopic (exact) mass is 384 g/mol. The Balaban J connectivity index is 1.54. The van der Waals surface area contributed by atoms with Crippen LogP contribution in [0.25, 0.3) is 10.9 Å². The maximum Gasteiger partial charge on any atom is 0.231 e. The molecule has 1 fully saturated rings. The molecule has 5 N–H and O–H groups in total. The van der Waals surface area contributed by atoms with Crippen LogP contribution in [0.5, 0.6) is 0 Å². The number of hydrogen-bond donors (Lipinski definition) is 4. The Morgan fingerprint density at radius 2 is 2.14 bits per heavy atom. The minimum Gasteiger partial charge on any atom is -0.369 e. The molecule has 7 heteroatoms. The summed E-state index contributed by atoms with van der Waals surface area (Å²) in [4.78, 5) is 21.3. The van der Waals surface area contributed by atoms with E-state index in [1.807, 2.05) is 0 Å². The van der Waals surface area contributed by atoms with Gasteiger partial charge in [0, 0.05) is 49.3 Å². The van der Waals surface area contributed by atoms with E-state index in [0.29, 0.717) is 12.6 Å². The molecule has 0 aliphatic carbocycles. The summed E-state index contributed by atoms with van der Waals surface area (Å²) in [6.07, 6.45) is 4.97. The highest BCUT2D eigenvalue weighted by Gasteiger charge is 2.20. The third-order valence-electron chi connectivity index (χ3n) is 5.31. The average Bonchev–Trinajstić information content (AvgIpc) is 3.08. The average molecular weight is 385 g/mol. The summed E-state index contributed by atoms with van der Waals surface area (Å²) in [5, 5.41) is 8.18. The van der Waals surface area contributed by atoms with Gasteiger partial charge in [0.15, 0.2) is 5.96 Å². The fourth-order valence-electron chi connectivity index (χ4n) is 3.83. The SMILES string of the molecule is CCNC(=NCCc1c[nH]c2c(C)cccc12)NC1CCN(CC(N)=O)CC1. The van der Waals surface area contributed by atoms with Crippen molar-refractivity contribution in [1.29, 1.82) is 0 Å². The van der Waals surface area contributed by atoms with Crippen molar-refractivity contribution in [2.75, 3.05) is 32.7 Å². The van der Waals surface area contributed by atoms with Crippen LogP contribution >= 0.6 is 0 Å². The zero-order valence-corrected chi connectivity index (χ0v) is 16.9. The van der Waals surface area contributed by atoms with E-state index >= 15 is 0 Å². The van der Waals surface area contributed by atoms with E-state index in [1.54, 1.807) is 0 Å². The number of hydrogen-bond acceptors (Lipinski definition) is 3. The van der Waals surface area contributed by atoms with Crippen LogP contribution in [0.1, 0.15) is 30.9 Å². The second-order valence-corrected chi connectivity index (χ2v) is 7.48. The van der Waals surface area contributed by atoms with Gasteiger partial charge in [-0.3, -0.25) is 14.7 Å². The Labute approximate surface area is 166 Å². The Bertz CT molecular complexity index is 819. The number of amides is 1. The van der Waals surface area contributed by atoms with Gasteiger partial charge in [-0.2, -0.15) is 0 Å². The highest BCUT2D eigenvalue weighted by Crippen LogP contribution is 2.21. The van der Waals surface area contributed by atoms with Crippen LogP contribution in [0, 0.1) is 6.92 Å². The van der Waals surface area contributed by atoms with Crippen molar-refractivity contribution >= 4 is 22.8 Å². The summed E-state index contributed by atoms with van der Waals surface area (Å²) in [5.74, 6) is 0.612. The normalized spacial score (nSPS) is 16.4. The maximum absolute atomic E-state index is 11.1. The molecule has 0 spiro atoms. The molecular weight excluding hydrogens is 352 g/mol. The number of para-hydroxylation sites is 1. The quantitative estimate of drug-likeness (QED) is 0.430. The predicted molar refractivity (Wildman–Crippen MR) is 115 cm³/mol. The molecule has 0 radical (unpaired) electrons. The predicted octanol–water partition coefficient (Wildman–Crippen LogP) is 1.52. The lowest BCUT2D eigenvalue weighted by molar-refractivity contribution is -0.119. The van der Waals surface area contributed by atoms with Crippen LogP contribution in [0.4, 0.5) is 0 Å². The number of nitrogens with one attached hydrogen (secondary N) is 3. The van der Waals surface area contributed by atoms with Crippen molar-refractivity contribution in [3.8, 4) is 0 Å². The molecule has 28 heavy (non-hydrogen) atoms. The van der Waals surface area contributed by atoms with Crippen molar-refractivity contribution in [3.63, 3.8) is 0 Å². The number of piperidine rings is 1. The summed E-state index contributed by atoms with van der Waals surface area (Å²) >= 11 is 0. The Morgan fingerprint density at radius 3 is 2.86 bits per heavy atom. The lowest BCUT2D eigenvalue weighted by atomic mass is 10.1. The van der Waals surface area contributed by atoms with E-state index in [0.717, 1.165) is 51.4 Å². The number of carbonyl (C=O) groups is 1. The molecule has 1 saturated heterocycles. The van der Waals surface area contributed by atoms with Crippen LogP contribution in [0.2, 0.25) is 0 Å². The number of aromatic nitrogens is 1. The van der Waals surface area contributed by atoms with Gasteiger partial charge >= 0.3 is 0 Å². The zero-order valence-electron chi connectivity index (χ0n) is 16.9. The summed E-state index contributed by atoms with van der Waals surface area (Å²) in [5.41, 5.74) is 9.08. The van der Waals surface area contributed by atoms with Crippen molar-refractivity contribution in [1.82, 2.24) is 20.5 Å². The van der Waals surface area contributed by atoms with Gasteiger partial charge in [-0.1, -0.05) is 18.2 Å². The van der Waals surface area contributed by atoms with Crippen molar-refractivity contribution in [2.24, 2.45) is 10.7 Å². The van der Waals surface area contributed by atoms with Crippen LogP contribution in [0.3, 0.4) is 0 Å². The van der Waals surface area contributed by atoms with E-state index in [1.165, 1.54) is 22.0 Å². The standard InChI is InChI=1S/C21H32N6O/c1-3-23-21(26-17-8-11-27(12-9-17)14-19(22)28)24-10-7-16-13-25-20-15(2)5-4-6-18(16)20/h4-6,13,17,25H,3,7-12,14H2,1-2H3,(H2,22,28)(H2,23,24,26). The van der Waals surface area contributed by atoms with E-state index in [-0.39, 0.29) is 5.91 Å². The number of primary amides is 1. The fraction of sp³-hybridized carbons (Fsp3) is 0.524. The second-order valence-electron chi connectivity index (χ2n) is 7.48. The van der Waals surface area contributed by atoms with Crippen molar-refractivity contribution in [3.05, 3.63) is 35.5 Å². The molecule has 2 heterocycles. The lowest BCUT2D eigenvalue weighted by Crippen LogP contribution is -2.49. The molecule has 1 aliphatic heterocycles. The first-order valence-corrected chi connectivity index (χ1v) is 10.2. The Kier molecular flexibility index (Phi) is 6.92. The molecule has 1 aromatic heterocycles.